The fourth-order valence-electron chi connectivity index (χ4n) is 1.64. The quantitative estimate of drug-likeness (QED) is 0.606. The number of benzene rings is 1. The number of ether oxygens (including phenoxy) is 2. The maximum absolute atomic E-state index is 11.6. The van der Waals surface area contributed by atoms with Crippen LogP contribution in [-0.4, -0.2) is 25.5 Å². The van der Waals surface area contributed by atoms with Gasteiger partial charge in [0.05, 0.1) is 18.1 Å². The van der Waals surface area contributed by atoms with Crippen LogP contribution >= 0.6 is 0 Å². The summed E-state index contributed by atoms with van der Waals surface area (Å²) in [6.45, 7) is 7.03. The zero-order valence-electron chi connectivity index (χ0n) is 12.1. The van der Waals surface area contributed by atoms with Crippen molar-refractivity contribution in [3.05, 3.63) is 29.3 Å². The molecule has 1 aromatic carbocycles. The van der Waals surface area contributed by atoms with Gasteiger partial charge in [-0.3, -0.25) is 9.59 Å². The van der Waals surface area contributed by atoms with Crippen LogP contribution in [-0.2, 0) is 9.53 Å². The van der Waals surface area contributed by atoms with Crippen LogP contribution < -0.4 is 4.74 Å². The van der Waals surface area contributed by atoms with Crippen LogP contribution in [0, 0.1) is 12.3 Å². The number of esters is 1. The van der Waals surface area contributed by atoms with E-state index in [4.69, 9.17) is 9.47 Å². The molecule has 0 radical (unpaired) electrons. The number of hydrogen-bond donors (Lipinski definition) is 0. The third-order valence-electron chi connectivity index (χ3n) is 2.84. The lowest BCUT2D eigenvalue weighted by Gasteiger charge is -2.22. The highest BCUT2D eigenvalue weighted by atomic mass is 16.5. The molecular formula is C15H20O4. The second kappa shape index (κ2) is 5.87. The van der Waals surface area contributed by atoms with Crippen molar-refractivity contribution in [1.82, 2.24) is 0 Å². The van der Waals surface area contributed by atoms with Crippen molar-refractivity contribution < 1.29 is 19.1 Å². The van der Waals surface area contributed by atoms with Gasteiger partial charge in [-0.1, -0.05) is 11.6 Å². The van der Waals surface area contributed by atoms with Crippen molar-refractivity contribution in [2.24, 2.45) is 5.41 Å². The van der Waals surface area contributed by atoms with E-state index in [1.807, 2.05) is 13.0 Å². The molecule has 0 bridgehead atoms. The van der Waals surface area contributed by atoms with E-state index < -0.39 is 5.41 Å². The Balaban J connectivity index is 2.89. The molecule has 0 atom stereocenters. The van der Waals surface area contributed by atoms with Crippen molar-refractivity contribution in [3.63, 3.8) is 0 Å². The Morgan fingerprint density at radius 1 is 1.26 bits per heavy atom. The van der Waals surface area contributed by atoms with Gasteiger partial charge in [-0.2, -0.15) is 0 Å². The highest BCUT2D eigenvalue weighted by Gasteiger charge is 2.30. The molecule has 19 heavy (non-hydrogen) atoms. The first-order chi connectivity index (χ1) is 8.77. The van der Waals surface area contributed by atoms with E-state index in [0.29, 0.717) is 11.3 Å². The Hall–Kier alpha value is -1.84. The Labute approximate surface area is 113 Å². The molecule has 0 aliphatic carbocycles. The third-order valence-corrected chi connectivity index (χ3v) is 2.84. The molecule has 0 amide bonds. The number of Topliss-reactive ketones (excluding diaryl/α,β-unsaturated/α-hetero) is 1. The first kappa shape index (κ1) is 15.2. The van der Waals surface area contributed by atoms with Crippen LogP contribution in [0.5, 0.6) is 5.75 Å². The fourth-order valence-corrected chi connectivity index (χ4v) is 1.64. The molecule has 0 saturated carbocycles. The lowest BCUT2D eigenvalue weighted by molar-refractivity contribution is -0.152. The number of carbonyl (C=O) groups excluding carboxylic acids is 2. The Morgan fingerprint density at radius 3 is 2.42 bits per heavy atom. The average molecular weight is 264 g/mol. The zero-order chi connectivity index (χ0) is 14.6. The molecule has 0 heterocycles. The molecule has 0 saturated heterocycles. The topological polar surface area (TPSA) is 52.6 Å². The molecule has 0 N–H and O–H groups in total. The molecule has 1 aromatic rings. The van der Waals surface area contributed by atoms with E-state index in [9.17, 15) is 9.59 Å². The molecule has 0 aliphatic rings. The van der Waals surface area contributed by atoms with Gasteiger partial charge in [-0.15, -0.1) is 0 Å². The van der Waals surface area contributed by atoms with Gasteiger partial charge in [-0.05, 0) is 39.8 Å². The molecule has 0 aromatic heterocycles. The lowest BCUT2D eigenvalue weighted by Crippen LogP contribution is -2.32. The summed E-state index contributed by atoms with van der Waals surface area (Å²) in [7, 11) is 1.34. The molecule has 4 heteroatoms. The van der Waals surface area contributed by atoms with E-state index in [-0.39, 0.29) is 18.4 Å². The number of methoxy groups -OCH3 is 1. The summed E-state index contributed by atoms with van der Waals surface area (Å²) in [5.74, 6) is 0.0913. The highest BCUT2D eigenvalue weighted by molar-refractivity contribution is 5.97. The van der Waals surface area contributed by atoms with Crippen LogP contribution in [0.4, 0.5) is 0 Å². The summed E-state index contributed by atoms with van der Waals surface area (Å²) in [6.07, 6.45) is 0. The maximum atomic E-state index is 11.6. The minimum atomic E-state index is -0.756. The van der Waals surface area contributed by atoms with Gasteiger partial charge in [0, 0.05) is 0 Å². The van der Waals surface area contributed by atoms with E-state index in [2.05, 4.69) is 0 Å². The predicted octanol–water partition coefficient (Wildman–Crippen LogP) is 2.78. The average Bonchev–Trinajstić information content (AvgIpc) is 2.36. The van der Waals surface area contributed by atoms with Gasteiger partial charge in [-0.25, -0.2) is 0 Å². The van der Waals surface area contributed by atoms with Crippen LogP contribution in [0.3, 0.4) is 0 Å². The summed E-state index contributed by atoms with van der Waals surface area (Å²) in [5, 5.41) is 0. The normalized spacial score (nSPS) is 11.0. The Kier molecular flexibility index (Phi) is 4.70. The minimum absolute atomic E-state index is 0.0606. The number of carbonyl (C=O) groups is 2. The maximum Gasteiger partial charge on any atom is 0.314 e. The summed E-state index contributed by atoms with van der Waals surface area (Å²) in [6, 6.07) is 5.40. The van der Waals surface area contributed by atoms with Gasteiger partial charge in [0.15, 0.2) is 5.78 Å². The van der Waals surface area contributed by atoms with Crippen molar-refractivity contribution in [2.75, 3.05) is 13.7 Å². The number of aryl methyl sites for hydroxylation is 1. The molecule has 4 nitrogen and oxygen atoms in total. The largest absolute Gasteiger partial charge is 0.492 e. The Morgan fingerprint density at radius 2 is 1.89 bits per heavy atom. The second-order valence-corrected chi connectivity index (χ2v) is 5.22. The molecular weight excluding hydrogens is 244 g/mol. The summed E-state index contributed by atoms with van der Waals surface area (Å²) < 4.78 is 10.3. The first-order valence-corrected chi connectivity index (χ1v) is 6.11. The first-order valence-electron chi connectivity index (χ1n) is 6.11. The van der Waals surface area contributed by atoms with Gasteiger partial charge in [0.25, 0.3) is 0 Å². The highest BCUT2D eigenvalue weighted by Crippen LogP contribution is 2.24. The van der Waals surface area contributed by atoms with E-state index in [1.54, 1.807) is 26.0 Å². The second-order valence-electron chi connectivity index (χ2n) is 5.22. The van der Waals surface area contributed by atoms with Crippen molar-refractivity contribution in [2.45, 2.75) is 27.7 Å². The molecule has 0 spiro atoms. The zero-order valence-corrected chi connectivity index (χ0v) is 12.1. The fraction of sp³-hybridized carbons (Fsp3) is 0.467. The predicted molar refractivity (Wildman–Crippen MR) is 72.5 cm³/mol. The molecule has 104 valence electrons. The van der Waals surface area contributed by atoms with Crippen molar-refractivity contribution >= 4 is 11.8 Å². The summed E-state index contributed by atoms with van der Waals surface area (Å²) in [5.41, 5.74) is 0.763. The van der Waals surface area contributed by atoms with Gasteiger partial charge < -0.3 is 9.47 Å². The van der Waals surface area contributed by atoms with Gasteiger partial charge >= 0.3 is 5.97 Å². The number of hydrogen-bond acceptors (Lipinski definition) is 4. The van der Waals surface area contributed by atoms with Gasteiger partial charge in [0.2, 0.25) is 0 Å². The van der Waals surface area contributed by atoms with Crippen molar-refractivity contribution in [3.8, 4) is 5.75 Å². The summed E-state index contributed by atoms with van der Waals surface area (Å²) in [4.78, 5) is 23.1. The van der Waals surface area contributed by atoms with Gasteiger partial charge in [0.1, 0.15) is 12.4 Å². The third kappa shape index (κ3) is 3.81. The van der Waals surface area contributed by atoms with Crippen molar-refractivity contribution in [1.29, 1.82) is 0 Å². The van der Waals surface area contributed by atoms with E-state index >= 15 is 0 Å². The van der Waals surface area contributed by atoms with E-state index in [0.717, 1.165) is 5.56 Å². The molecule has 0 aliphatic heterocycles. The minimum Gasteiger partial charge on any atom is -0.492 e. The summed E-state index contributed by atoms with van der Waals surface area (Å²) >= 11 is 0. The number of ketones is 1. The Bertz CT molecular complexity index is 489. The SMILES string of the molecule is COC(=O)C(C)(C)COc1ccc(C)cc1C(C)=O. The van der Waals surface area contributed by atoms with Crippen LogP contribution in [0.15, 0.2) is 18.2 Å². The standard InChI is InChI=1S/C15H20O4/c1-10-6-7-13(12(8-10)11(2)16)19-9-15(3,4)14(17)18-5/h6-8H,9H2,1-5H3. The monoisotopic (exact) mass is 264 g/mol. The smallest absolute Gasteiger partial charge is 0.314 e. The number of rotatable bonds is 5. The molecule has 1 rings (SSSR count). The van der Waals surface area contributed by atoms with Crippen LogP contribution in [0.25, 0.3) is 0 Å². The van der Waals surface area contributed by atoms with E-state index in [1.165, 1.54) is 14.0 Å². The van der Waals surface area contributed by atoms with Crippen LogP contribution in [0.1, 0.15) is 36.7 Å². The van der Waals surface area contributed by atoms with Crippen LogP contribution in [0.2, 0.25) is 0 Å². The lowest BCUT2D eigenvalue weighted by atomic mass is 9.95. The molecule has 0 fully saturated rings. The molecule has 0 unspecified atom stereocenters.